The highest BCUT2D eigenvalue weighted by Gasteiger charge is 2.28. The third-order valence-electron chi connectivity index (χ3n) is 4.48. The van der Waals surface area contributed by atoms with Gasteiger partial charge in [0.25, 0.3) is 0 Å². The molecular formula is C19H20N2O4. The second-order valence-corrected chi connectivity index (χ2v) is 6.26. The van der Waals surface area contributed by atoms with E-state index in [0.29, 0.717) is 26.3 Å². The molecule has 0 N–H and O–H groups in total. The van der Waals surface area contributed by atoms with Crippen molar-refractivity contribution in [2.24, 2.45) is 5.92 Å². The fourth-order valence-electron chi connectivity index (χ4n) is 3.15. The molecule has 2 aromatic rings. The van der Waals surface area contributed by atoms with Crippen molar-refractivity contribution in [3.8, 4) is 11.5 Å². The van der Waals surface area contributed by atoms with Crippen molar-refractivity contribution in [3.05, 3.63) is 53.9 Å². The number of nitrogens with zero attached hydrogens (tertiary/aromatic N) is 2. The highest BCUT2D eigenvalue weighted by atomic mass is 16.7. The molecule has 6 heteroatoms. The average Bonchev–Trinajstić information content (AvgIpc) is 3.33. The van der Waals surface area contributed by atoms with Crippen LogP contribution in [0.1, 0.15) is 17.7 Å². The van der Waals surface area contributed by atoms with E-state index in [1.165, 1.54) is 0 Å². The first-order valence-electron chi connectivity index (χ1n) is 8.44. The second-order valence-electron chi connectivity index (χ2n) is 6.26. The molecule has 2 aliphatic rings. The zero-order chi connectivity index (χ0) is 17.1. The van der Waals surface area contributed by atoms with Gasteiger partial charge in [-0.25, -0.2) is 0 Å². The summed E-state index contributed by atoms with van der Waals surface area (Å²) in [6, 6.07) is 11.5. The number of aromatic nitrogens is 1. The van der Waals surface area contributed by atoms with Crippen LogP contribution in [0.5, 0.6) is 11.5 Å². The lowest BCUT2D eigenvalue weighted by molar-refractivity contribution is -0.136. The zero-order valence-corrected chi connectivity index (χ0v) is 13.9. The molecule has 3 heterocycles. The summed E-state index contributed by atoms with van der Waals surface area (Å²) in [6.07, 6.45) is 2.52. The maximum atomic E-state index is 13.0. The second kappa shape index (κ2) is 7.11. The summed E-state index contributed by atoms with van der Waals surface area (Å²) in [6.45, 7) is 2.37. The molecule has 2 aliphatic heterocycles. The number of pyridine rings is 1. The van der Waals surface area contributed by atoms with Crippen LogP contribution in [-0.2, 0) is 22.6 Å². The summed E-state index contributed by atoms with van der Waals surface area (Å²) in [4.78, 5) is 19.2. The van der Waals surface area contributed by atoms with E-state index < -0.39 is 0 Å². The fraction of sp³-hybridized carbons (Fsp3) is 0.368. The van der Waals surface area contributed by atoms with Gasteiger partial charge in [-0.3, -0.25) is 9.78 Å². The van der Waals surface area contributed by atoms with Gasteiger partial charge in [0.05, 0.1) is 24.8 Å². The summed E-state index contributed by atoms with van der Waals surface area (Å²) in [7, 11) is 0. The zero-order valence-electron chi connectivity index (χ0n) is 13.9. The molecule has 0 spiro atoms. The van der Waals surface area contributed by atoms with E-state index in [0.717, 1.165) is 29.2 Å². The molecule has 0 radical (unpaired) electrons. The van der Waals surface area contributed by atoms with Gasteiger partial charge in [-0.15, -0.1) is 0 Å². The normalized spacial score (nSPS) is 18.3. The first-order chi connectivity index (χ1) is 12.3. The van der Waals surface area contributed by atoms with Crippen LogP contribution in [0.25, 0.3) is 0 Å². The summed E-state index contributed by atoms with van der Waals surface area (Å²) >= 11 is 0. The minimum atomic E-state index is -0.0716. The Morgan fingerprint density at radius 2 is 2.08 bits per heavy atom. The van der Waals surface area contributed by atoms with Crippen LogP contribution in [0.2, 0.25) is 0 Å². The van der Waals surface area contributed by atoms with Gasteiger partial charge >= 0.3 is 0 Å². The maximum absolute atomic E-state index is 13.0. The Labute approximate surface area is 146 Å². The van der Waals surface area contributed by atoms with Crippen LogP contribution in [0.15, 0.2) is 42.6 Å². The lowest BCUT2D eigenvalue weighted by Gasteiger charge is -2.25. The molecule has 25 heavy (non-hydrogen) atoms. The molecule has 1 aromatic heterocycles. The number of carbonyl (C=O) groups excluding carboxylic acids is 1. The van der Waals surface area contributed by atoms with E-state index in [9.17, 15) is 4.79 Å². The minimum Gasteiger partial charge on any atom is -0.454 e. The summed E-state index contributed by atoms with van der Waals surface area (Å²) in [5.74, 6) is 1.51. The van der Waals surface area contributed by atoms with Crippen molar-refractivity contribution in [2.45, 2.75) is 19.5 Å². The molecule has 1 amide bonds. The van der Waals surface area contributed by atoms with Gasteiger partial charge in [0, 0.05) is 19.3 Å². The summed E-state index contributed by atoms with van der Waals surface area (Å²) in [5.41, 5.74) is 1.88. The Balaban J connectivity index is 1.54. The highest BCUT2D eigenvalue weighted by Crippen LogP contribution is 2.33. The lowest BCUT2D eigenvalue weighted by Crippen LogP contribution is -2.35. The van der Waals surface area contributed by atoms with Gasteiger partial charge in [-0.2, -0.15) is 0 Å². The monoisotopic (exact) mass is 340 g/mol. The Kier molecular flexibility index (Phi) is 4.52. The van der Waals surface area contributed by atoms with Gasteiger partial charge < -0.3 is 19.1 Å². The Morgan fingerprint density at radius 3 is 2.88 bits per heavy atom. The number of benzene rings is 1. The minimum absolute atomic E-state index is 0.0716. The summed E-state index contributed by atoms with van der Waals surface area (Å²) < 4.78 is 16.2. The molecule has 4 rings (SSSR count). The van der Waals surface area contributed by atoms with Crippen LogP contribution in [0.4, 0.5) is 0 Å². The summed E-state index contributed by atoms with van der Waals surface area (Å²) in [5, 5.41) is 0. The van der Waals surface area contributed by atoms with Gasteiger partial charge in [-0.1, -0.05) is 12.1 Å². The fourth-order valence-corrected chi connectivity index (χ4v) is 3.15. The Morgan fingerprint density at radius 1 is 1.16 bits per heavy atom. The SMILES string of the molecule is O=C([C@H]1CCOC1)N(Cc1ccc2c(c1)OCO2)Cc1ccccn1. The highest BCUT2D eigenvalue weighted by molar-refractivity contribution is 5.79. The number of hydrogen-bond acceptors (Lipinski definition) is 5. The van der Waals surface area contributed by atoms with Crippen molar-refractivity contribution < 1.29 is 19.0 Å². The quantitative estimate of drug-likeness (QED) is 0.836. The number of fused-ring (bicyclic) bond motifs is 1. The molecule has 1 aromatic carbocycles. The van der Waals surface area contributed by atoms with Crippen molar-refractivity contribution >= 4 is 5.91 Å². The third-order valence-corrected chi connectivity index (χ3v) is 4.48. The van der Waals surface area contributed by atoms with Crippen molar-refractivity contribution in [1.82, 2.24) is 9.88 Å². The maximum Gasteiger partial charge on any atom is 0.231 e. The Bertz CT molecular complexity index is 744. The number of carbonyl (C=O) groups is 1. The van der Waals surface area contributed by atoms with Crippen LogP contribution < -0.4 is 9.47 Å². The molecule has 0 unspecified atom stereocenters. The largest absolute Gasteiger partial charge is 0.454 e. The predicted molar refractivity (Wildman–Crippen MR) is 90.0 cm³/mol. The molecule has 1 atom stereocenters. The van der Waals surface area contributed by atoms with Crippen LogP contribution in [-0.4, -0.2) is 35.8 Å². The Hall–Kier alpha value is -2.60. The molecule has 6 nitrogen and oxygen atoms in total. The van der Waals surface area contributed by atoms with Crippen LogP contribution in [0, 0.1) is 5.92 Å². The number of ether oxygens (including phenoxy) is 3. The third kappa shape index (κ3) is 3.58. The van der Waals surface area contributed by atoms with Crippen LogP contribution >= 0.6 is 0 Å². The van der Waals surface area contributed by atoms with E-state index in [1.54, 1.807) is 6.20 Å². The molecule has 1 saturated heterocycles. The number of amides is 1. The lowest BCUT2D eigenvalue weighted by atomic mass is 10.1. The molecule has 0 bridgehead atoms. The molecular weight excluding hydrogens is 320 g/mol. The van der Waals surface area contributed by atoms with Crippen molar-refractivity contribution in [2.75, 3.05) is 20.0 Å². The van der Waals surface area contributed by atoms with Gasteiger partial charge in [0.2, 0.25) is 12.7 Å². The molecule has 130 valence electrons. The molecule has 0 saturated carbocycles. The van der Waals surface area contributed by atoms with Crippen molar-refractivity contribution in [3.63, 3.8) is 0 Å². The average molecular weight is 340 g/mol. The van der Waals surface area contributed by atoms with Crippen molar-refractivity contribution in [1.29, 1.82) is 0 Å². The topological polar surface area (TPSA) is 60.9 Å². The van der Waals surface area contributed by atoms with E-state index in [1.807, 2.05) is 41.3 Å². The van der Waals surface area contributed by atoms with E-state index in [-0.39, 0.29) is 18.6 Å². The van der Waals surface area contributed by atoms with E-state index in [4.69, 9.17) is 14.2 Å². The molecule has 1 fully saturated rings. The number of hydrogen-bond donors (Lipinski definition) is 0. The van der Waals surface area contributed by atoms with Crippen LogP contribution in [0.3, 0.4) is 0 Å². The predicted octanol–water partition coefficient (Wildman–Crippen LogP) is 2.38. The smallest absolute Gasteiger partial charge is 0.231 e. The van der Waals surface area contributed by atoms with Gasteiger partial charge in [-0.05, 0) is 36.2 Å². The standard InChI is InChI=1S/C19H20N2O4/c22-19(15-6-8-23-12-15)21(11-16-3-1-2-7-20-16)10-14-4-5-17-18(9-14)25-13-24-17/h1-5,7,9,15H,6,8,10-13H2/t15-/m0/s1. The van der Waals surface area contributed by atoms with Gasteiger partial charge in [0.1, 0.15) is 0 Å². The van der Waals surface area contributed by atoms with Gasteiger partial charge in [0.15, 0.2) is 11.5 Å². The molecule has 0 aliphatic carbocycles. The van der Waals surface area contributed by atoms with E-state index >= 15 is 0 Å². The first kappa shape index (κ1) is 15.9. The van der Waals surface area contributed by atoms with E-state index in [2.05, 4.69) is 4.98 Å². The number of rotatable bonds is 5. The first-order valence-corrected chi connectivity index (χ1v) is 8.44.